The van der Waals surface area contributed by atoms with Gasteiger partial charge in [-0.05, 0) is 37.6 Å². The molecule has 0 bridgehead atoms. The second-order valence-corrected chi connectivity index (χ2v) is 6.26. The second kappa shape index (κ2) is 6.06. The molecule has 0 amide bonds. The largest absolute Gasteiger partial charge is 0.300 e. The van der Waals surface area contributed by atoms with Gasteiger partial charge in [-0.1, -0.05) is 18.2 Å². The maximum Gasteiger partial charge on any atom is 0.0623 e. The Bertz CT molecular complexity index is 408. The van der Waals surface area contributed by atoms with Crippen LogP contribution in [-0.4, -0.2) is 36.0 Å². The lowest BCUT2D eigenvalue weighted by molar-refractivity contribution is 0.216. The molecule has 100 valence electrons. The Morgan fingerprint density at radius 2 is 2.17 bits per heavy atom. The molecule has 2 rings (SSSR count). The molecule has 3 nitrogen and oxygen atoms in total. The van der Waals surface area contributed by atoms with Crippen molar-refractivity contribution in [1.82, 2.24) is 10.3 Å². The molecule has 1 aromatic rings. The van der Waals surface area contributed by atoms with Crippen LogP contribution in [0.4, 0.5) is 0 Å². The highest BCUT2D eigenvalue weighted by Gasteiger charge is 2.28. The molecule has 1 heterocycles. The highest BCUT2D eigenvalue weighted by Crippen LogP contribution is 2.27. The predicted octanol–water partition coefficient (Wildman–Crippen LogP) is 1.86. The number of nitrogens with two attached hydrogens (primary N) is 1. The van der Waals surface area contributed by atoms with E-state index in [0.717, 1.165) is 12.3 Å². The number of hydrogen-bond acceptors (Lipinski definition) is 4. The van der Waals surface area contributed by atoms with Crippen LogP contribution in [0.3, 0.4) is 0 Å². The van der Waals surface area contributed by atoms with Crippen LogP contribution in [-0.2, 0) is 0 Å². The number of likely N-dealkylation sites (N-methyl/N-ethyl adjacent to an activating group) is 1. The van der Waals surface area contributed by atoms with Gasteiger partial charge in [-0.2, -0.15) is 11.8 Å². The number of thioether (sulfide) groups is 1. The Morgan fingerprint density at radius 1 is 1.39 bits per heavy atom. The SMILES string of the molecule is Cc1ccc(C(NN)C2CSCCN2C)cc1C. The maximum atomic E-state index is 5.80. The molecule has 3 N–H and O–H groups in total. The molecular weight excluding hydrogens is 242 g/mol. The van der Waals surface area contributed by atoms with Crippen molar-refractivity contribution in [3.05, 3.63) is 34.9 Å². The zero-order valence-electron chi connectivity index (χ0n) is 11.4. The highest BCUT2D eigenvalue weighted by atomic mass is 32.2. The van der Waals surface area contributed by atoms with Crippen molar-refractivity contribution in [2.75, 3.05) is 25.1 Å². The number of hydrazine groups is 1. The average molecular weight is 265 g/mol. The quantitative estimate of drug-likeness (QED) is 0.646. The lowest BCUT2D eigenvalue weighted by atomic mass is 9.96. The monoisotopic (exact) mass is 265 g/mol. The third kappa shape index (κ3) is 2.88. The zero-order valence-corrected chi connectivity index (χ0v) is 12.3. The summed E-state index contributed by atoms with van der Waals surface area (Å²) in [6, 6.07) is 7.32. The summed E-state index contributed by atoms with van der Waals surface area (Å²) in [5, 5.41) is 0. The number of benzene rings is 1. The minimum absolute atomic E-state index is 0.210. The van der Waals surface area contributed by atoms with Gasteiger partial charge in [0.1, 0.15) is 0 Å². The summed E-state index contributed by atoms with van der Waals surface area (Å²) in [6.07, 6.45) is 0. The molecule has 4 heteroatoms. The topological polar surface area (TPSA) is 41.3 Å². The van der Waals surface area contributed by atoms with Crippen molar-refractivity contribution in [2.24, 2.45) is 5.84 Å². The summed E-state index contributed by atoms with van der Waals surface area (Å²) in [4.78, 5) is 2.41. The first-order valence-corrected chi connectivity index (χ1v) is 7.60. The van der Waals surface area contributed by atoms with Crippen molar-refractivity contribution in [2.45, 2.75) is 25.9 Å². The van der Waals surface area contributed by atoms with Gasteiger partial charge in [-0.3, -0.25) is 16.2 Å². The Morgan fingerprint density at radius 3 is 2.78 bits per heavy atom. The van der Waals surface area contributed by atoms with Crippen molar-refractivity contribution < 1.29 is 0 Å². The molecule has 2 atom stereocenters. The van der Waals surface area contributed by atoms with E-state index in [4.69, 9.17) is 5.84 Å². The molecule has 0 saturated carbocycles. The molecule has 0 aliphatic carbocycles. The van der Waals surface area contributed by atoms with E-state index in [-0.39, 0.29) is 6.04 Å². The summed E-state index contributed by atoms with van der Waals surface area (Å²) in [5.41, 5.74) is 6.97. The number of aryl methyl sites for hydroxylation is 2. The molecule has 0 aromatic heterocycles. The summed E-state index contributed by atoms with van der Waals surface area (Å²) in [6.45, 7) is 5.44. The van der Waals surface area contributed by atoms with Crippen LogP contribution in [0.2, 0.25) is 0 Å². The lowest BCUT2D eigenvalue weighted by Gasteiger charge is -2.37. The summed E-state index contributed by atoms with van der Waals surface area (Å²) in [7, 11) is 2.19. The predicted molar refractivity (Wildman–Crippen MR) is 79.7 cm³/mol. The first-order valence-electron chi connectivity index (χ1n) is 6.44. The molecule has 1 saturated heterocycles. The van der Waals surface area contributed by atoms with Gasteiger partial charge in [0.25, 0.3) is 0 Å². The van der Waals surface area contributed by atoms with Crippen LogP contribution < -0.4 is 11.3 Å². The van der Waals surface area contributed by atoms with Crippen LogP contribution in [0, 0.1) is 13.8 Å². The Balaban J connectivity index is 2.23. The van der Waals surface area contributed by atoms with Gasteiger partial charge in [-0.25, -0.2) is 0 Å². The first-order chi connectivity index (χ1) is 8.63. The van der Waals surface area contributed by atoms with E-state index in [2.05, 4.69) is 49.4 Å². The van der Waals surface area contributed by atoms with Gasteiger partial charge in [0.2, 0.25) is 0 Å². The Labute approximate surface area is 114 Å². The van der Waals surface area contributed by atoms with Crippen LogP contribution in [0.15, 0.2) is 18.2 Å². The van der Waals surface area contributed by atoms with E-state index in [1.54, 1.807) is 0 Å². The molecule has 18 heavy (non-hydrogen) atoms. The second-order valence-electron chi connectivity index (χ2n) is 5.11. The average Bonchev–Trinajstić information content (AvgIpc) is 2.37. The minimum Gasteiger partial charge on any atom is -0.300 e. The van der Waals surface area contributed by atoms with Crippen molar-refractivity contribution in [1.29, 1.82) is 0 Å². The van der Waals surface area contributed by atoms with Crippen molar-refractivity contribution >= 4 is 11.8 Å². The molecule has 0 radical (unpaired) electrons. The molecular formula is C14H23N3S. The van der Waals surface area contributed by atoms with Gasteiger partial charge in [0.15, 0.2) is 0 Å². The van der Waals surface area contributed by atoms with E-state index >= 15 is 0 Å². The van der Waals surface area contributed by atoms with Crippen LogP contribution >= 0.6 is 11.8 Å². The third-order valence-corrected chi connectivity index (χ3v) is 4.95. The fourth-order valence-corrected chi connectivity index (χ4v) is 3.72. The van der Waals surface area contributed by atoms with Gasteiger partial charge in [0.05, 0.1) is 6.04 Å². The van der Waals surface area contributed by atoms with E-state index in [9.17, 15) is 0 Å². The standard InChI is InChI=1S/C14H23N3S/c1-10-4-5-12(8-11(10)2)14(16-15)13-9-18-7-6-17(13)3/h4-5,8,13-14,16H,6-7,9,15H2,1-3H3. The van der Waals surface area contributed by atoms with Gasteiger partial charge in [0, 0.05) is 24.1 Å². The zero-order chi connectivity index (χ0) is 13.1. The van der Waals surface area contributed by atoms with Crippen molar-refractivity contribution in [3.63, 3.8) is 0 Å². The first kappa shape index (κ1) is 13.9. The smallest absolute Gasteiger partial charge is 0.0623 e. The molecule has 0 spiro atoms. The van der Waals surface area contributed by atoms with E-state index in [1.165, 1.54) is 22.4 Å². The van der Waals surface area contributed by atoms with Crippen LogP contribution in [0.1, 0.15) is 22.7 Å². The fraction of sp³-hybridized carbons (Fsp3) is 0.571. The van der Waals surface area contributed by atoms with Gasteiger partial charge >= 0.3 is 0 Å². The number of nitrogens with one attached hydrogen (secondary N) is 1. The van der Waals surface area contributed by atoms with Gasteiger partial charge in [-0.15, -0.1) is 0 Å². The molecule has 2 unspecified atom stereocenters. The maximum absolute atomic E-state index is 5.80. The van der Waals surface area contributed by atoms with E-state index in [0.29, 0.717) is 6.04 Å². The Kier molecular flexibility index (Phi) is 4.67. The normalized spacial score (nSPS) is 23.0. The van der Waals surface area contributed by atoms with Crippen molar-refractivity contribution in [3.8, 4) is 0 Å². The highest BCUT2D eigenvalue weighted by molar-refractivity contribution is 7.99. The third-order valence-electron chi connectivity index (χ3n) is 3.90. The van der Waals surface area contributed by atoms with Crippen LogP contribution in [0.5, 0.6) is 0 Å². The van der Waals surface area contributed by atoms with E-state index in [1.807, 2.05) is 11.8 Å². The molecule has 1 aliphatic heterocycles. The Hall–Kier alpha value is -0.550. The van der Waals surface area contributed by atoms with Gasteiger partial charge < -0.3 is 0 Å². The van der Waals surface area contributed by atoms with E-state index < -0.39 is 0 Å². The minimum atomic E-state index is 0.210. The lowest BCUT2D eigenvalue weighted by Crippen LogP contribution is -2.49. The summed E-state index contributed by atoms with van der Waals surface area (Å²) < 4.78 is 0. The summed E-state index contributed by atoms with van der Waals surface area (Å²) >= 11 is 2.02. The molecule has 1 aromatic carbocycles. The number of rotatable bonds is 3. The number of hydrogen-bond donors (Lipinski definition) is 2. The molecule has 1 aliphatic rings. The van der Waals surface area contributed by atoms with Crippen LogP contribution in [0.25, 0.3) is 0 Å². The fourth-order valence-electron chi connectivity index (χ4n) is 2.44. The summed E-state index contributed by atoms with van der Waals surface area (Å²) in [5.74, 6) is 8.16. The molecule has 1 fully saturated rings. The number of nitrogens with zero attached hydrogens (tertiary/aromatic N) is 1.